The molecule has 0 bridgehead atoms. The van der Waals surface area contributed by atoms with E-state index in [1.54, 1.807) is 0 Å². The van der Waals surface area contributed by atoms with Crippen molar-refractivity contribution in [3.8, 4) is 0 Å². The molecule has 100 valence electrons. The van der Waals surface area contributed by atoms with Gasteiger partial charge in [0.05, 0.1) is 5.69 Å². The number of pyridine rings is 1. The van der Waals surface area contributed by atoms with E-state index >= 15 is 0 Å². The number of nitrogens with two attached hydrogens (primary N) is 1. The SMILES string of the molecule is CN(Cc1cccc(NN)n1)Cc1ccccc1Cl. The summed E-state index contributed by atoms with van der Waals surface area (Å²) < 4.78 is 0. The molecule has 19 heavy (non-hydrogen) atoms. The van der Waals surface area contributed by atoms with Crippen LogP contribution in [0, 0.1) is 0 Å². The van der Waals surface area contributed by atoms with Crippen LogP contribution in [-0.2, 0) is 13.1 Å². The van der Waals surface area contributed by atoms with Gasteiger partial charge in [0.1, 0.15) is 5.82 Å². The fourth-order valence-electron chi connectivity index (χ4n) is 1.90. The lowest BCUT2D eigenvalue weighted by Gasteiger charge is -2.17. The van der Waals surface area contributed by atoms with Crippen molar-refractivity contribution in [2.45, 2.75) is 13.1 Å². The Bertz CT molecular complexity index is 544. The smallest absolute Gasteiger partial charge is 0.140 e. The lowest BCUT2D eigenvalue weighted by molar-refractivity contribution is 0.315. The van der Waals surface area contributed by atoms with E-state index in [-0.39, 0.29) is 0 Å². The molecule has 0 fully saturated rings. The van der Waals surface area contributed by atoms with Gasteiger partial charge in [0.2, 0.25) is 0 Å². The van der Waals surface area contributed by atoms with Crippen LogP contribution < -0.4 is 11.3 Å². The van der Waals surface area contributed by atoms with E-state index in [0.717, 1.165) is 29.4 Å². The van der Waals surface area contributed by atoms with Crippen molar-refractivity contribution in [3.63, 3.8) is 0 Å². The fraction of sp³-hybridized carbons (Fsp3) is 0.214. The number of aromatic nitrogens is 1. The second-order valence-corrected chi connectivity index (χ2v) is 4.83. The molecule has 2 aromatic rings. The number of hydrogen-bond donors (Lipinski definition) is 2. The van der Waals surface area contributed by atoms with Crippen molar-refractivity contribution < 1.29 is 0 Å². The Morgan fingerprint density at radius 2 is 1.95 bits per heavy atom. The van der Waals surface area contributed by atoms with Crippen molar-refractivity contribution in [3.05, 3.63) is 58.7 Å². The minimum Gasteiger partial charge on any atom is -0.308 e. The zero-order valence-electron chi connectivity index (χ0n) is 10.8. The average molecular weight is 277 g/mol. The molecule has 0 aliphatic heterocycles. The highest BCUT2D eigenvalue weighted by Crippen LogP contribution is 2.17. The number of hydrogen-bond acceptors (Lipinski definition) is 4. The summed E-state index contributed by atoms with van der Waals surface area (Å²) >= 11 is 6.15. The maximum Gasteiger partial charge on any atom is 0.140 e. The molecule has 0 spiro atoms. The summed E-state index contributed by atoms with van der Waals surface area (Å²) in [5.74, 6) is 6.02. The Balaban J connectivity index is 2.01. The van der Waals surface area contributed by atoms with Crippen LogP contribution in [0.15, 0.2) is 42.5 Å². The molecular weight excluding hydrogens is 260 g/mol. The van der Waals surface area contributed by atoms with Crippen LogP contribution in [0.2, 0.25) is 5.02 Å². The second kappa shape index (κ2) is 6.52. The highest BCUT2D eigenvalue weighted by atomic mass is 35.5. The number of nitrogen functional groups attached to an aromatic ring is 1. The molecule has 4 nitrogen and oxygen atoms in total. The molecule has 1 heterocycles. The monoisotopic (exact) mass is 276 g/mol. The van der Waals surface area contributed by atoms with Crippen LogP contribution in [0.4, 0.5) is 5.82 Å². The molecule has 1 aromatic heterocycles. The van der Waals surface area contributed by atoms with Crippen LogP contribution in [0.1, 0.15) is 11.3 Å². The number of rotatable bonds is 5. The summed E-state index contributed by atoms with van der Waals surface area (Å²) in [4.78, 5) is 6.54. The van der Waals surface area contributed by atoms with E-state index in [2.05, 4.69) is 15.3 Å². The highest BCUT2D eigenvalue weighted by molar-refractivity contribution is 6.31. The largest absolute Gasteiger partial charge is 0.308 e. The molecule has 0 radical (unpaired) electrons. The van der Waals surface area contributed by atoms with Crippen molar-refractivity contribution in [1.82, 2.24) is 9.88 Å². The first kappa shape index (κ1) is 13.8. The molecular formula is C14H17ClN4. The molecule has 2 rings (SSSR count). The topological polar surface area (TPSA) is 54.2 Å². The van der Waals surface area contributed by atoms with E-state index in [1.807, 2.05) is 49.5 Å². The number of nitrogens with one attached hydrogen (secondary N) is 1. The third kappa shape index (κ3) is 3.92. The number of benzene rings is 1. The molecule has 0 amide bonds. The second-order valence-electron chi connectivity index (χ2n) is 4.42. The first-order valence-electron chi connectivity index (χ1n) is 6.03. The lowest BCUT2D eigenvalue weighted by atomic mass is 10.2. The number of nitrogens with zero attached hydrogens (tertiary/aromatic N) is 2. The minimum absolute atomic E-state index is 0.670. The lowest BCUT2D eigenvalue weighted by Crippen LogP contribution is -2.19. The average Bonchev–Trinajstić information content (AvgIpc) is 2.41. The number of anilines is 1. The Labute approximate surface area is 118 Å². The van der Waals surface area contributed by atoms with Gasteiger partial charge >= 0.3 is 0 Å². The van der Waals surface area contributed by atoms with E-state index in [4.69, 9.17) is 17.4 Å². The van der Waals surface area contributed by atoms with E-state index in [0.29, 0.717) is 5.82 Å². The van der Waals surface area contributed by atoms with Crippen LogP contribution in [0.5, 0.6) is 0 Å². The predicted octanol–water partition coefficient (Wildman–Crippen LogP) is 2.65. The normalized spacial score (nSPS) is 10.7. The zero-order chi connectivity index (χ0) is 13.7. The first-order chi connectivity index (χ1) is 9.19. The van der Waals surface area contributed by atoms with Crippen LogP contribution in [-0.4, -0.2) is 16.9 Å². The van der Waals surface area contributed by atoms with Gasteiger partial charge in [-0.15, -0.1) is 0 Å². The number of hydrazine groups is 1. The van der Waals surface area contributed by atoms with Crippen molar-refractivity contribution in [2.75, 3.05) is 12.5 Å². The van der Waals surface area contributed by atoms with Crippen molar-refractivity contribution >= 4 is 17.4 Å². The molecule has 0 aliphatic carbocycles. The van der Waals surface area contributed by atoms with Gasteiger partial charge < -0.3 is 5.43 Å². The van der Waals surface area contributed by atoms with Gasteiger partial charge in [0.15, 0.2) is 0 Å². The van der Waals surface area contributed by atoms with Crippen LogP contribution in [0.3, 0.4) is 0 Å². The summed E-state index contributed by atoms with van der Waals surface area (Å²) in [6, 6.07) is 13.6. The maximum absolute atomic E-state index is 6.15. The molecule has 5 heteroatoms. The summed E-state index contributed by atoms with van der Waals surface area (Å²) in [6.45, 7) is 1.52. The molecule has 0 saturated heterocycles. The van der Waals surface area contributed by atoms with Gasteiger partial charge in [-0.05, 0) is 30.8 Å². The molecule has 0 aliphatic rings. The Morgan fingerprint density at radius 1 is 1.16 bits per heavy atom. The summed E-state index contributed by atoms with van der Waals surface area (Å²) in [6.07, 6.45) is 0. The molecule has 3 N–H and O–H groups in total. The Kier molecular flexibility index (Phi) is 4.74. The van der Waals surface area contributed by atoms with E-state index < -0.39 is 0 Å². The van der Waals surface area contributed by atoms with Gasteiger partial charge in [-0.25, -0.2) is 10.8 Å². The Morgan fingerprint density at radius 3 is 2.68 bits per heavy atom. The third-order valence-electron chi connectivity index (χ3n) is 2.78. The summed E-state index contributed by atoms with van der Waals surface area (Å²) in [5.41, 5.74) is 4.62. The van der Waals surface area contributed by atoms with Crippen LogP contribution >= 0.6 is 11.6 Å². The minimum atomic E-state index is 0.670. The fourth-order valence-corrected chi connectivity index (χ4v) is 2.09. The highest BCUT2D eigenvalue weighted by Gasteiger charge is 2.06. The summed E-state index contributed by atoms with van der Waals surface area (Å²) in [5, 5.41) is 0.791. The third-order valence-corrected chi connectivity index (χ3v) is 3.15. The van der Waals surface area contributed by atoms with E-state index in [9.17, 15) is 0 Å². The van der Waals surface area contributed by atoms with Crippen molar-refractivity contribution in [2.24, 2.45) is 5.84 Å². The standard InChI is InChI=1S/C14H17ClN4/c1-19(9-11-5-2-3-7-13(11)15)10-12-6-4-8-14(17-12)18-16/h2-8H,9-10,16H2,1H3,(H,17,18). The number of halogens is 1. The molecule has 0 saturated carbocycles. The quantitative estimate of drug-likeness (QED) is 0.651. The van der Waals surface area contributed by atoms with Gasteiger partial charge in [-0.2, -0.15) is 0 Å². The predicted molar refractivity (Wildman–Crippen MR) is 78.7 cm³/mol. The molecule has 0 atom stereocenters. The van der Waals surface area contributed by atoms with Gasteiger partial charge in [0, 0.05) is 18.1 Å². The Hall–Kier alpha value is -1.62. The van der Waals surface area contributed by atoms with Gasteiger partial charge in [0.25, 0.3) is 0 Å². The van der Waals surface area contributed by atoms with Crippen molar-refractivity contribution in [1.29, 1.82) is 0 Å². The van der Waals surface area contributed by atoms with Gasteiger partial charge in [-0.1, -0.05) is 35.9 Å². The van der Waals surface area contributed by atoms with Gasteiger partial charge in [-0.3, -0.25) is 4.90 Å². The molecule has 1 aromatic carbocycles. The van der Waals surface area contributed by atoms with E-state index in [1.165, 1.54) is 0 Å². The first-order valence-corrected chi connectivity index (χ1v) is 6.41. The summed E-state index contributed by atoms with van der Waals surface area (Å²) in [7, 11) is 2.04. The maximum atomic E-state index is 6.15. The van der Waals surface area contributed by atoms with Crippen LogP contribution in [0.25, 0.3) is 0 Å². The zero-order valence-corrected chi connectivity index (χ0v) is 11.6. The molecule has 0 unspecified atom stereocenters.